The second-order valence-corrected chi connectivity index (χ2v) is 4.29. The van der Waals surface area contributed by atoms with E-state index in [1.807, 2.05) is 0 Å². The zero-order chi connectivity index (χ0) is 11.3. The molecule has 0 aromatic rings. The molecule has 1 rings (SSSR count). The van der Waals surface area contributed by atoms with Crippen LogP contribution in [0.25, 0.3) is 0 Å². The molecule has 1 amide bonds. The Morgan fingerprint density at radius 3 is 3.00 bits per heavy atom. The molecule has 0 bridgehead atoms. The quantitative estimate of drug-likeness (QED) is 0.536. The summed E-state index contributed by atoms with van der Waals surface area (Å²) < 4.78 is 0. The summed E-state index contributed by atoms with van der Waals surface area (Å²) >= 11 is 0. The average Bonchev–Trinajstić information content (AvgIpc) is 2.63. The maximum atomic E-state index is 11.2. The Labute approximate surface area is 90.6 Å². The summed E-state index contributed by atoms with van der Waals surface area (Å²) in [6.07, 6.45) is 2.20. The fourth-order valence-corrected chi connectivity index (χ4v) is 1.88. The van der Waals surface area contributed by atoms with E-state index >= 15 is 0 Å². The molecule has 5 heteroatoms. The first-order valence-corrected chi connectivity index (χ1v) is 5.46. The molecule has 1 aliphatic heterocycles. The van der Waals surface area contributed by atoms with Crippen LogP contribution < -0.4 is 11.1 Å². The Balaban J connectivity index is 2.08. The molecule has 0 aromatic heterocycles. The van der Waals surface area contributed by atoms with Gasteiger partial charge in [-0.3, -0.25) is 4.79 Å². The normalized spacial score (nSPS) is 24.1. The molecule has 0 saturated carbocycles. The van der Waals surface area contributed by atoms with Crippen LogP contribution in [0.4, 0.5) is 0 Å². The van der Waals surface area contributed by atoms with Crippen molar-refractivity contribution in [1.29, 1.82) is 0 Å². The molecule has 0 aromatic carbocycles. The first kappa shape index (κ1) is 12.4. The lowest BCUT2D eigenvalue weighted by Gasteiger charge is -2.12. The average molecular weight is 215 g/mol. The third kappa shape index (κ3) is 4.15. The van der Waals surface area contributed by atoms with Gasteiger partial charge in [0.1, 0.15) is 6.04 Å². The van der Waals surface area contributed by atoms with Gasteiger partial charge in [0.05, 0.1) is 6.61 Å². The number of nitrogens with one attached hydrogen (secondary N) is 1. The third-order valence-electron chi connectivity index (χ3n) is 2.87. The Morgan fingerprint density at radius 2 is 2.47 bits per heavy atom. The van der Waals surface area contributed by atoms with Gasteiger partial charge < -0.3 is 21.1 Å². The molecule has 5 nitrogen and oxygen atoms in total. The summed E-state index contributed by atoms with van der Waals surface area (Å²) in [5, 5.41) is 11.4. The minimum Gasteiger partial charge on any atom is -0.394 e. The van der Waals surface area contributed by atoms with Gasteiger partial charge >= 0.3 is 0 Å². The molecule has 1 fully saturated rings. The lowest BCUT2D eigenvalue weighted by molar-refractivity contribution is -0.123. The molecule has 1 saturated heterocycles. The maximum absolute atomic E-state index is 11.2. The summed E-state index contributed by atoms with van der Waals surface area (Å²) in [5.74, 6) is 0.421. The largest absolute Gasteiger partial charge is 0.394 e. The van der Waals surface area contributed by atoms with E-state index in [1.165, 1.54) is 6.42 Å². The molecule has 1 heterocycles. The molecule has 0 aliphatic carbocycles. The first-order chi connectivity index (χ1) is 7.13. The molecule has 2 atom stereocenters. The minimum atomic E-state index is -0.781. The Morgan fingerprint density at radius 1 is 1.73 bits per heavy atom. The van der Waals surface area contributed by atoms with Crippen molar-refractivity contribution in [2.75, 3.05) is 33.3 Å². The van der Waals surface area contributed by atoms with Crippen molar-refractivity contribution in [3.63, 3.8) is 0 Å². The number of hydrogen-bond donors (Lipinski definition) is 3. The molecular formula is C10H21N3O2. The van der Waals surface area contributed by atoms with Gasteiger partial charge in [0, 0.05) is 13.1 Å². The van der Waals surface area contributed by atoms with E-state index in [9.17, 15) is 4.79 Å². The highest BCUT2D eigenvalue weighted by molar-refractivity contribution is 5.81. The number of aliphatic hydroxyl groups is 1. The highest BCUT2D eigenvalue weighted by Gasteiger charge is 2.19. The van der Waals surface area contributed by atoms with Crippen molar-refractivity contribution in [3.05, 3.63) is 0 Å². The number of carbonyl (C=O) groups excluding carboxylic acids is 1. The predicted molar refractivity (Wildman–Crippen MR) is 58.3 cm³/mol. The summed E-state index contributed by atoms with van der Waals surface area (Å²) in [4.78, 5) is 13.5. The number of aliphatic hydroxyl groups excluding tert-OH is 1. The zero-order valence-corrected chi connectivity index (χ0v) is 9.28. The van der Waals surface area contributed by atoms with Gasteiger partial charge in [0.25, 0.3) is 0 Å². The smallest absolute Gasteiger partial charge is 0.239 e. The Hall–Kier alpha value is -0.650. The van der Waals surface area contributed by atoms with Gasteiger partial charge in [-0.1, -0.05) is 0 Å². The van der Waals surface area contributed by atoms with Gasteiger partial charge in [-0.2, -0.15) is 0 Å². The fraction of sp³-hybridized carbons (Fsp3) is 0.900. The highest BCUT2D eigenvalue weighted by Crippen LogP contribution is 2.16. The van der Waals surface area contributed by atoms with E-state index in [1.54, 1.807) is 0 Å². The van der Waals surface area contributed by atoms with Gasteiger partial charge in [0.15, 0.2) is 0 Å². The van der Waals surface area contributed by atoms with Crippen molar-refractivity contribution >= 4 is 5.91 Å². The topological polar surface area (TPSA) is 78.6 Å². The van der Waals surface area contributed by atoms with Crippen molar-refractivity contribution < 1.29 is 9.90 Å². The van der Waals surface area contributed by atoms with Crippen LogP contribution >= 0.6 is 0 Å². The number of hydrogen-bond acceptors (Lipinski definition) is 4. The molecular weight excluding hydrogens is 194 g/mol. The lowest BCUT2D eigenvalue weighted by Crippen LogP contribution is -2.43. The Kier molecular flexibility index (Phi) is 5.01. The second kappa shape index (κ2) is 6.05. The number of amides is 1. The summed E-state index contributed by atoms with van der Waals surface area (Å²) in [7, 11) is 2.11. The van der Waals surface area contributed by atoms with Gasteiger partial charge in [-0.05, 0) is 32.4 Å². The molecule has 2 unspecified atom stereocenters. The molecule has 0 spiro atoms. The van der Waals surface area contributed by atoms with Crippen molar-refractivity contribution in [1.82, 2.24) is 10.2 Å². The summed E-state index contributed by atoms with van der Waals surface area (Å²) in [6, 6.07) is -0.781. The Bertz CT molecular complexity index is 211. The molecule has 0 radical (unpaired) electrons. The van der Waals surface area contributed by atoms with Crippen molar-refractivity contribution in [3.8, 4) is 0 Å². The standard InChI is InChI=1S/C10H21N3O2/c1-13-5-3-8(6-13)2-4-12-10(15)9(11)7-14/h8-9,14H,2-7,11H2,1H3,(H,12,15). The van der Waals surface area contributed by atoms with Crippen LogP contribution in [0, 0.1) is 5.92 Å². The van der Waals surface area contributed by atoms with E-state index in [-0.39, 0.29) is 12.5 Å². The predicted octanol–water partition coefficient (Wildman–Crippen LogP) is -1.24. The van der Waals surface area contributed by atoms with Crippen LogP contribution in [-0.2, 0) is 4.79 Å². The number of nitrogens with two attached hydrogens (primary N) is 1. The first-order valence-electron chi connectivity index (χ1n) is 5.46. The molecule has 4 N–H and O–H groups in total. The van der Waals surface area contributed by atoms with Crippen LogP contribution in [-0.4, -0.2) is 55.2 Å². The van der Waals surface area contributed by atoms with Gasteiger partial charge in [-0.25, -0.2) is 0 Å². The van der Waals surface area contributed by atoms with Crippen LogP contribution in [0.1, 0.15) is 12.8 Å². The van der Waals surface area contributed by atoms with Crippen LogP contribution in [0.2, 0.25) is 0 Å². The van der Waals surface area contributed by atoms with E-state index in [4.69, 9.17) is 10.8 Å². The SMILES string of the molecule is CN1CCC(CCNC(=O)C(N)CO)C1. The van der Waals surface area contributed by atoms with Gasteiger partial charge in [0.2, 0.25) is 5.91 Å². The summed E-state index contributed by atoms with van der Waals surface area (Å²) in [6.45, 7) is 2.62. The highest BCUT2D eigenvalue weighted by atomic mass is 16.3. The minimum absolute atomic E-state index is 0.260. The van der Waals surface area contributed by atoms with E-state index in [2.05, 4.69) is 17.3 Å². The van der Waals surface area contributed by atoms with Crippen LogP contribution in [0.15, 0.2) is 0 Å². The molecule has 88 valence electrons. The van der Waals surface area contributed by atoms with Gasteiger partial charge in [-0.15, -0.1) is 0 Å². The van der Waals surface area contributed by atoms with E-state index in [0.29, 0.717) is 12.5 Å². The zero-order valence-electron chi connectivity index (χ0n) is 9.28. The number of nitrogens with zero attached hydrogens (tertiary/aromatic N) is 1. The fourth-order valence-electron chi connectivity index (χ4n) is 1.88. The number of likely N-dealkylation sites (tertiary alicyclic amines) is 1. The van der Waals surface area contributed by atoms with Crippen LogP contribution in [0.5, 0.6) is 0 Å². The monoisotopic (exact) mass is 215 g/mol. The van der Waals surface area contributed by atoms with E-state index in [0.717, 1.165) is 19.5 Å². The number of carbonyl (C=O) groups is 1. The number of rotatable bonds is 5. The lowest BCUT2D eigenvalue weighted by atomic mass is 10.1. The van der Waals surface area contributed by atoms with E-state index < -0.39 is 6.04 Å². The van der Waals surface area contributed by atoms with Crippen molar-refractivity contribution in [2.24, 2.45) is 11.7 Å². The van der Waals surface area contributed by atoms with Crippen LogP contribution in [0.3, 0.4) is 0 Å². The molecule has 15 heavy (non-hydrogen) atoms. The second-order valence-electron chi connectivity index (χ2n) is 4.29. The van der Waals surface area contributed by atoms with Crippen molar-refractivity contribution in [2.45, 2.75) is 18.9 Å². The summed E-state index contributed by atoms with van der Waals surface area (Å²) in [5.41, 5.74) is 5.36. The third-order valence-corrected chi connectivity index (χ3v) is 2.87. The molecule has 1 aliphatic rings. The maximum Gasteiger partial charge on any atom is 0.239 e.